The molecular weight excluding hydrogens is 981 g/mol. The predicted molar refractivity (Wildman–Crippen MR) is 267 cm³/mol. The van der Waals surface area contributed by atoms with E-state index >= 15 is 0 Å². The van der Waals surface area contributed by atoms with E-state index in [0.29, 0.717) is 30.6 Å². The Morgan fingerprint density at radius 2 is 1.29 bits per heavy atom. The van der Waals surface area contributed by atoms with Crippen LogP contribution in [0.15, 0.2) is 24.0 Å². The van der Waals surface area contributed by atoms with Crippen LogP contribution >= 0.6 is 0 Å². The van der Waals surface area contributed by atoms with Gasteiger partial charge in [-0.1, -0.05) is 59.8 Å². The van der Waals surface area contributed by atoms with E-state index < -0.39 is 129 Å². The van der Waals surface area contributed by atoms with E-state index in [1.54, 1.807) is 13.8 Å². The summed E-state index contributed by atoms with van der Waals surface area (Å²) in [6, 6.07) is 0. The molecule has 0 aromatic carbocycles. The van der Waals surface area contributed by atoms with Crippen LogP contribution in [0.3, 0.4) is 0 Å². The summed E-state index contributed by atoms with van der Waals surface area (Å²) in [5.74, 6) is 0.765. The van der Waals surface area contributed by atoms with Crippen LogP contribution in [0.25, 0.3) is 0 Å². The normalized spacial score (nSPS) is 48.9. The molecule has 8 rings (SSSR count). The number of aliphatic hydroxyl groups excluding tert-OH is 11. The average molecular weight is 1070 g/mol. The molecule has 0 amide bonds. The molecule has 8 aliphatic rings. The lowest BCUT2D eigenvalue weighted by molar-refractivity contribution is -0.360. The van der Waals surface area contributed by atoms with Gasteiger partial charge in [0, 0.05) is 24.7 Å². The predicted octanol–water partition coefficient (Wildman–Crippen LogP) is 1.96. The van der Waals surface area contributed by atoms with Crippen molar-refractivity contribution in [2.24, 2.45) is 45.3 Å². The van der Waals surface area contributed by atoms with E-state index in [9.17, 15) is 61.3 Å². The van der Waals surface area contributed by atoms with E-state index in [2.05, 4.69) is 54.2 Å². The Hall–Kier alpha value is -1.48. The maximum atomic E-state index is 11.8. The van der Waals surface area contributed by atoms with Crippen molar-refractivity contribution in [1.82, 2.24) is 0 Å². The van der Waals surface area contributed by atoms with Gasteiger partial charge in [-0.25, -0.2) is 0 Å². The quantitative estimate of drug-likeness (QED) is 0.0732. The second-order valence-corrected chi connectivity index (χ2v) is 25.7. The minimum atomic E-state index is -1.75. The smallest absolute Gasteiger partial charge is 0.187 e. The second-order valence-electron chi connectivity index (χ2n) is 25.7. The van der Waals surface area contributed by atoms with Crippen LogP contribution in [0.1, 0.15) is 132 Å². The number of fused-ring (bicyclic) bond motifs is 5. The van der Waals surface area contributed by atoms with Gasteiger partial charge in [0.2, 0.25) is 0 Å². The molecule has 4 heterocycles. The van der Waals surface area contributed by atoms with Crippen LogP contribution in [-0.2, 0) is 37.9 Å². The molecule has 0 aromatic heterocycles. The molecule has 7 fully saturated rings. The van der Waals surface area contributed by atoms with Crippen molar-refractivity contribution in [3.05, 3.63) is 24.0 Å². The minimum Gasteiger partial charge on any atom is -0.510 e. The van der Waals surface area contributed by atoms with Crippen LogP contribution in [0.4, 0.5) is 0 Å². The highest BCUT2D eigenvalue weighted by Gasteiger charge is 2.68. The van der Waals surface area contributed by atoms with E-state index in [4.69, 9.17) is 37.9 Å². The van der Waals surface area contributed by atoms with Crippen molar-refractivity contribution in [2.75, 3.05) is 19.8 Å². The van der Waals surface area contributed by atoms with Gasteiger partial charge in [0.05, 0.1) is 74.3 Å². The molecule has 20 nitrogen and oxygen atoms in total. The summed E-state index contributed by atoms with van der Waals surface area (Å²) in [5, 5.41) is 128. The Labute approximate surface area is 441 Å². The third-order valence-corrected chi connectivity index (χ3v) is 20.3. The molecule has 0 bridgehead atoms. The second kappa shape index (κ2) is 22.8. The fourth-order valence-electron chi connectivity index (χ4n) is 15.6. The van der Waals surface area contributed by atoms with Gasteiger partial charge < -0.3 is 99.2 Å². The number of hydrogen-bond acceptors (Lipinski definition) is 20. The van der Waals surface area contributed by atoms with Gasteiger partial charge in [0.1, 0.15) is 48.5 Å². The molecule has 432 valence electrons. The van der Waals surface area contributed by atoms with Gasteiger partial charge in [0.25, 0.3) is 0 Å². The molecule has 75 heavy (non-hydrogen) atoms. The summed E-state index contributed by atoms with van der Waals surface area (Å²) in [4.78, 5) is 0. The maximum Gasteiger partial charge on any atom is 0.187 e. The zero-order valence-electron chi connectivity index (χ0n) is 45.3. The lowest BCUT2D eigenvalue weighted by atomic mass is 9.39. The summed E-state index contributed by atoms with van der Waals surface area (Å²) >= 11 is 0. The number of aliphatic hydroxyl groups is 12. The first-order chi connectivity index (χ1) is 35.1. The molecule has 4 aliphatic heterocycles. The summed E-state index contributed by atoms with van der Waals surface area (Å²) in [7, 11) is 0. The van der Waals surface area contributed by atoms with Gasteiger partial charge in [-0.05, 0) is 112 Å². The van der Waals surface area contributed by atoms with E-state index in [-0.39, 0.29) is 66.2 Å². The molecule has 26 atom stereocenters. The van der Waals surface area contributed by atoms with Gasteiger partial charge in [-0.2, -0.15) is 0 Å². The van der Waals surface area contributed by atoms with Gasteiger partial charge in [-0.15, -0.1) is 0 Å². The fourth-order valence-corrected chi connectivity index (χ4v) is 15.6. The molecule has 20 heteroatoms. The van der Waals surface area contributed by atoms with Crippen LogP contribution in [0, 0.1) is 45.3 Å². The molecule has 0 aromatic rings. The van der Waals surface area contributed by atoms with Crippen LogP contribution in [-0.4, -0.2) is 203 Å². The molecule has 4 aliphatic carbocycles. The molecule has 12 N–H and O–H groups in total. The van der Waals surface area contributed by atoms with Gasteiger partial charge in [0.15, 0.2) is 25.2 Å². The topological polar surface area (TPSA) is 317 Å². The summed E-state index contributed by atoms with van der Waals surface area (Å²) in [6.45, 7) is 19.8. The van der Waals surface area contributed by atoms with E-state index in [1.165, 1.54) is 5.57 Å². The largest absolute Gasteiger partial charge is 0.510 e. The Morgan fingerprint density at radius 1 is 0.693 bits per heavy atom. The Morgan fingerprint density at radius 3 is 1.89 bits per heavy atom. The highest BCUT2D eigenvalue weighted by Crippen LogP contribution is 2.75. The first-order valence-corrected chi connectivity index (χ1v) is 27.8. The summed E-state index contributed by atoms with van der Waals surface area (Å²) < 4.78 is 48.9. The zero-order chi connectivity index (χ0) is 54.9. The van der Waals surface area contributed by atoms with Crippen molar-refractivity contribution in [3.8, 4) is 0 Å². The van der Waals surface area contributed by atoms with Gasteiger partial charge >= 0.3 is 0 Å². The van der Waals surface area contributed by atoms with Crippen molar-refractivity contribution < 1.29 is 99.2 Å². The minimum absolute atomic E-state index is 0.0101. The van der Waals surface area contributed by atoms with E-state index in [0.717, 1.165) is 44.9 Å². The zero-order valence-corrected chi connectivity index (χ0v) is 45.3. The monoisotopic (exact) mass is 1070 g/mol. The number of allylic oxidation sites excluding steroid dienone is 1. The highest BCUT2D eigenvalue weighted by atomic mass is 16.8. The van der Waals surface area contributed by atoms with Crippen molar-refractivity contribution in [2.45, 2.75) is 255 Å². The number of hydrogen-bond donors (Lipinski definition) is 12. The van der Waals surface area contributed by atoms with Crippen LogP contribution in [0.5, 0.6) is 0 Å². The molecule has 4 saturated heterocycles. The standard InChI is InChI=1S/C55H92O20/c1-26(31-16-17-55(9)37-13-11-32-33(53(37,7)18-19-54(31,55)8)12-15-38(51(32,3)4)72-48-40(62)34(59)20-28(23-56)69-48)10-14-39(52(5,6)67)73-50-46(75-49-41(63)35(60)21-29(24-57)70-49)36(61)22-30(71-50)25-68-47-44(66)42(64)43(65)45(74-47)27(2)58/h11,26,28-31,33-50,56-67H,2,10,12-25H2,1,3-9H3/t26-,28+,29+,30+,31?,33?,34+,35+,36+,37?,38+,39-,40-,41-,42+,43+,44-,45-,46?,47+,48+,49+,50+,53+,54-,55+/m1/s1. The third-order valence-electron chi connectivity index (χ3n) is 20.3. The average Bonchev–Trinajstić information content (AvgIpc) is 3.66. The third kappa shape index (κ3) is 11.3. The Balaban J connectivity index is 0.961. The maximum absolute atomic E-state index is 11.8. The van der Waals surface area contributed by atoms with Crippen molar-refractivity contribution in [1.29, 1.82) is 0 Å². The summed E-state index contributed by atoms with van der Waals surface area (Å²) in [5.41, 5.74) is -0.319. The van der Waals surface area contributed by atoms with Crippen LogP contribution < -0.4 is 0 Å². The molecule has 3 saturated carbocycles. The molecule has 0 spiro atoms. The Kier molecular flexibility index (Phi) is 18.1. The Bertz CT molecular complexity index is 1970. The van der Waals surface area contributed by atoms with Crippen molar-refractivity contribution >= 4 is 0 Å². The summed E-state index contributed by atoms with van der Waals surface area (Å²) in [6.07, 6.45) is -13.1. The molecule has 4 unspecified atom stereocenters. The van der Waals surface area contributed by atoms with Gasteiger partial charge in [-0.3, -0.25) is 0 Å². The van der Waals surface area contributed by atoms with E-state index in [1.807, 2.05) is 0 Å². The molecule has 0 radical (unpaired) electrons. The first kappa shape index (κ1) is 59.6. The number of rotatable bonds is 17. The SMILES string of the molecule is C=C(O)[C@H]1O[C@H](OC[C@@H]2C[C@H](O)C(O[C@@H]3O[C@H](CO)C[C@H](O)[C@H]3O)[C@H](O[C@H](CC[C@@H](C)C3CC[C@@]4(C)C5CC=C6C(CC[C@H](O[C@@H]7O[C@H](CO)C[C@H](O)[C@H]7O)C6(C)C)[C@]5(C)CC[C@]34C)C(C)(C)O)O2)[C@H](O)[C@@H](O)[C@@H]1O. The molecular formula is C55H92O20. The lowest BCUT2D eigenvalue weighted by Gasteiger charge is -2.66. The fraction of sp³-hybridized carbons (Fsp3) is 0.927. The van der Waals surface area contributed by atoms with Crippen molar-refractivity contribution in [3.63, 3.8) is 0 Å². The van der Waals surface area contributed by atoms with Crippen LogP contribution in [0.2, 0.25) is 0 Å². The lowest BCUT2D eigenvalue weighted by Crippen LogP contribution is -2.60. The first-order valence-electron chi connectivity index (χ1n) is 27.8. The number of ether oxygens (including phenoxy) is 8. The highest BCUT2D eigenvalue weighted by molar-refractivity contribution is 5.30.